The quantitative estimate of drug-likeness (QED) is 0.0180. The molecule has 14 rings (SSSR count). The van der Waals surface area contributed by atoms with Gasteiger partial charge in [0.2, 0.25) is 0 Å². The van der Waals surface area contributed by atoms with Crippen molar-refractivity contribution in [2.75, 3.05) is 41.2 Å². The van der Waals surface area contributed by atoms with Crippen molar-refractivity contribution in [3.05, 3.63) is 195 Å². The second-order valence-electron chi connectivity index (χ2n) is 34.4. The fourth-order valence-corrected chi connectivity index (χ4v) is 15.5. The van der Waals surface area contributed by atoms with Crippen LogP contribution >= 0.6 is 11.6 Å². The molecule has 6 aromatic carbocycles. The minimum Gasteiger partial charge on any atom is -0.493 e. The first-order valence-electron chi connectivity index (χ1n) is 39.4. The number of hydrogen-bond donors (Lipinski definition) is 6. The molecule has 3 saturated carbocycles. The van der Waals surface area contributed by atoms with E-state index in [1.54, 1.807) is 133 Å². The van der Waals surface area contributed by atoms with Gasteiger partial charge in [-0.2, -0.15) is 0 Å². The Bertz CT molecular complexity index is 5100. The number of aliphatic hydroxyl groups is 3. The van der Waals surface area contributed by atoms with Crippen molar-refractivity contribution >= 4 is 50.9 Å². The third-order valence-corrected chi connectivity index (χ3v) is 25.3. The smallest absolute Gasteiger partial charge is 0.171 e. The lowest BCUT2D eigenvalue weighted by Crippen LogP contribution is -2.47. The van der Waals surface area contributed by atoms with Crippen LogP contribution in [0, 0.1) is 11.6 Å². The molecule has 0 spiro atoms. The average molecular weight is 1670 g/mol. The number of methoxy groups -OCH3 is 3. The lowest BCUT2D eigenvalue weighted by atomic mass is 9.83. The molecule has 8 aromatic rings. The van der Waals surface area contributed by atoms with Crippen LogP contribution in [0.25, 0.3) is 22.4 Å². The SMILES string of the molecule is COc1cc(C(=O)CCC(C)(O)c2cc(-c3ccc(F)cc3)c3c(c2)C(C)(NS(=O)C(C)(C)C)CO3)ccc1OC1CC1.COc1cc(C(=O)CCC(C)(O)c2cc3c(c(-c4ccc(F)cc4)n2)OCC3(C)N)ccc1OC1CC1.COc1cc(C(=O)CCC(C)(O)c2cc3c(c(Cl)n2)OCC3(C)NS(=O)C(C)(C)C)ccc1OC1CC1. The van der Waals surface area contributed by atoms with Crippen LogP contribution in [0.2, 0.25) is 5.15 Å². The molecule has 8 atom stereocenters. The molecule has 2 aromatic heterocycles. The van der Waals surface area contributed by atoms with E-state index in [1.165, 1.54) is 24.3 Å². The Kier molecular flexibility index (Phi) is 25.7. The van der Waals surface area contributed by atoms with Gasteiger partial charge >= 0.3 is 0 Å². The normalized spacial score (nSPS) is 20.5. The molecular formula is C90H106ClF2N5O17S2. The Morgan fingerprint density at radius 2 is 0.855 bits per heavy atom. The molecule has 22 nitrogen and oxygen atoms in total. The number of rotatable bonds is 30. The van der Waals surface area contributed by atoms with E-state index < -0.39 is 64.9 Å². The van der Waals surface area contributed by atoms with E-state index in [4.69, 9.17) is 65.0 Å². The minimum absolute atomic E-state index is 0.0788. The van der Waals surface area contributed by atoms with Crippen molar-refractivity contribution in [2.45, 2.75) is 221 Å². The Hall–Kier alpha value is -8.96. The number of ether oxygens (including phenoxy) is 9. The number of hydrogen-bond acceptors (Lipinski definition) is 20. The maximum atomic E-state index is 13.8. The number of nitrogens with two attached hydrogens (primary N) is 1. The minimum atomic E-state index is -1.44. The molecule has 3 fully saturated rings. The zero-order valence-electron chi connectivity index (χ0n) is 68.9. The van der Waals surface area contributed by atoms with E-state index in [9.17, 15) is 46.9 Å². The predicted molar refractivity (Wildman–Crippen MR) is 445 cm³/mol. The van der Waals surface area contributed by atoms with Crippen molar-refractivity contribution in [1.29, 1.82) is 0 Å². The molecule has 7 N–H and O–H groups in total. The van der Waals surface area contributed by atoms with Crippen LogP contribution in [0.15, 0.2) is 127 Å². The highest BCUT2D eigenvalue weighted by Gasteiger charge is 2.46. The average Bonchev–Trinajstić information content (AvgIpc) is 1.62. The molecule has 0 saturated heterocycles. The number of nitrogens with zero attached hydrogens (tertiary/aromatic N) is 2. The summed E-state index contributed by atoms with van der Waals surface area (Å²) >= 11 is 6.44. The maximum Gasteiger partial charge on any atom is 0.171 e. The van der Waals surface area contributed by atoms with Gasteiger partial charge in [0.15, 0.2) is 68.5 Å². The molecule has 8 unspecified atom stereocenters. The molecule has 6 aliphatic rings. The van der Waals surface area contributed by atoms with Crippen LogP contribution in [0.5, 0.6) is 51.7 Å². The summed E-state index contributed by atoms with van der Waals surface area (Å²) in [6, 6.07) is 34.6. The van der Waals surface area contributed by atoms with Gasteiger partial charge in [0, 0.05) is 63.8 Å². The van der Waals surface area contributed by atoms with Gasteiger partial charge in [-0.15, -0.1) is 0 Å². The Balaban J connectivity index is 0.000000162. The van der Waals surface area contributed by atoms with Crippen molar-refractivity contribution in [2.24, 2.45) is 5.73 Å². The zero-order valence-corrected chi connectivity index (χ0v) is 71.3. The number of Topliss-reactive ketones (excluding diaryl/α,β-unsaturated/α-hetero) is 3. The molecule has 626 valence electrons. The molecule has 5 heterocycles. The number of pyridine rings is 2. The number of carbonyl (C=O) groups is 3. The summed E-state index contributed by atoms with van der Waals surface area (Å²) in [5.74, 6) is 3.76. The summed E-state index contributed by atoms with van der Waals surface area (Å²) in [6.45, 7) is 22.6. The van der Waals surface area contributed by atoms with Crippen LogP contribution in [0.3, 0.4) is 0 Å². The number of carbonyl (C=O) groups excluding carboxylic acids is 3. The van der Waals surface area contributed by atoms with Crippen molar-refractivity contribution in [3.63, 3.8) is 0 Å². The van der Waals surface area contributed by atoms with Gasteiger partial charge in [-0.1, -0.05) is 23.7 Å². The molecule has 117 heavy (non-hydrogen) atoms. The Morgan fingerprint density at radius 1 is 0.487 bits per heavy atom. The van der Waals surface area contributed by atoms with Crippen molar-refractivity contribution < 1.29 is 89.5 Å². The standard InChI is InChI=1S/C34H40FNO6S.C29H31FN2O5.C27H35ClN2O6S/c1-32(2,3)43(39)36-33(4)20-41-31-26(21-7-10-24(35)11-8-21)18-23(19-27(31)33)34(5,38)16-15-28(37)22-9-14-29(30(17-22)40-6)42-25-12-13-25;1-28(31)16-36-27-21(28)15-25(32-26(27)17-4-7-19(30)8-5-17)29(2,34)13-12-22(33)18-6-11-23(24(14-18)35-3)37-20-9-10-20;1-25(2,3)37(33)30-26(4)15-35-23-18(26)14-22(29-24(23)28)27(5,32)12-11-19(31)16-7-10-20(21(13-16)34-6)36-17-8-9-17/h7-11,14,17-19,25,36,38H,12-13,15-16,20H2,1-6H3;4-8,11,14-15,20,34H,9-10,12-13,16,31H2,1-3H3;7,10,13-14,17,30,32H,8-9,11-12,15H2,1-6H3. The number of aromatic nitrogens is 2. The van der Waals surface area contributed by atoms with Gasteiger partial charge in [0.05, 0.1) is 105 Å². The van der Waals surface area contributed by atoms with Crippen molar-refractivity contribution in [3.8, 4) is 74.1 Å². The van der Waals surface area contributed by atoms with Gasteiger partial charge in [-0.25, -0.2) is 36.6 Å². The first-order chi connectivity index (χ1) is 55.0. The highest BCUT2D eigenvalue weighted by molar-refractivity contribution is 7.84. The predicted octanol–water partition coefficient (Wildman–Crippen LogP) is 16.3. The summed E-state index contributed by atoms with van der Waals surface area (Å²) in [6.07, 6.45) is 7.40. The van der Waals surface area contributed by atoms with Gasteiger partial charge in [0.1, 0.15) is 54.1 Å². The molecule has 3 aliphatic heterocycles. The lowest BCUT2D eigenvalue weighted by molar-refractivity contribution is 0.0395. The summed E-state index contributed by atoms with van der Waals surface area (Å²) in [7, 11) is 1.87. The summed E-state index contributed by atoms with van der Waals surface area (Å²) in [5.41, 5.74) is 7.14. The largest absolute Gasteiger partial charge is 0.493 e. The molecular weight excluding hydrogens is 1560 g/mol. The zero-order chi connectivity index (χ0) is 84.7. The summed E-state index contributed by atoms with van der Waals surface area (Å²) < 4.78 is 110. The second-order valence-corrected chi connectivity index (χ2v) is 38.7. The Labute approximate surface area is 692 Å². The fourth-order valence-electron chi connectivity index (χ4n) is 13.4. The van der Waals surface area contributed by atoms with Crippen LogP contribution in [0.4, 0.5) is 8.78 Å². The van der Waals surface area contributed by atoms with Gasteiger partial charge in [0.25, 0.3) is 0 Å². The number of halogens is 3. The van der Waals surface area contributed by atoms with E-state index >= 15 is 0 Å². The summed E-state index contributed by atoms with van der Waals surface area (Å²) in [5, 5.41) is 34.7. The fraction of sp³-hybridized carbons (Fsp3) is 0.456. The molecule has 3 aliphatic carbocycles. The number of ketones is 3. The third-order valence-electron chi connectivity index (χ3n) is 21.5. The molecule has 0 bridgehead atoms. The number of fused-ring (bicyclic) bond motifs is 3. The number of nitrogens with one attached hydrogen (secondary N) is 2. The Morgan fingerprint density at radius 3 is 1.26 bits per heavy atom. The van der Waals surface area contributed by atoms with E-state index in [0.717, 1.165) is 44.1 Å². The van der Waals surface area contributed by atoms with E-state index in [2.05, 4.69) is 14.4 Å². The monoisotopic (exact) mass is 1670 g/mol. The highest BCUT2D eigenvalue weighted by Crippen LogP contribution is 2.50. The molecule has 0 amide bonds. The van der Waals surface area contributed by atoms with Crippen molar-refractivity contribution in [1.82, 2.24) is 19.4 Å². The topological polar surface area (TPSA) is 305 Å². The third kappa shape index (κ3) is 20.7. The van der Waals surface area contributed by atoms with Gasteiger partial charge in [-0.3, -0.25) is 14.4 Å². The molecule has 0 radical (unpaired) electrons. The lowest BCUT2D eigenvalue weighted by Gasteiger charge is -2.30. The molecule has 27 heteroatoms. The first kappa shape index (κ1) is 87.4. The van der Waals surface area contributed by atoms with Crippen LogP contribution < -0.4 is 57.8 Å². The summed E-state index contributed by atoms with van der Waals surface area (Å²) in [4.78, 5) is 48.4. The van der Waals surface area contributed by atoms with Crippen LogP contribution in [0.1, 0.15) is 225 Å². The number of benzene rings is 6. The van der Waals surface area contributed by atoms with Gasteiger partial charge in [-0.05, 0) is 267 Å². The van der Waals surface area contributed by atoms with Crippen LogP contribution in [-0.2, 0) is 55.4 Å². The van der Waals surface area contributed by atoms with Gasteiger partial charge < -0.3 is 63.7 Å². The van der Waals surface area contributed by atoms with E-state index in [-0.39, 0.29) is 111 Å². The van der Waals surface area contributed by atoms with Crippen LogP contribution in [-0.4, -0.2) is 120 Å². The maximum absolute atomic E-state index is 13.8. The second kappa shape index (κ2) is 34.4. The highest BCUT2D eigenvalue weighted by atomic mass is 35.5. The van der Waals surface area contributed by atoms with E-state index in [1.807, 2.05) is 74.4 Å². The first-order valence-corrected chi connectivity index (χ1v) is 42.0. The van der Waals surface area contributed by atoms with E-state index in [0.29, 0.717) is 119 Å².